The van der Waals surface area contributed by atoms with Gasteiger partial charge in [0.2, 0.25) is 0 Å². The lowest BCUT2D eigenvalue weighted by molar-refractivity contribution is 1.17. The van der Waals surface area contributed by atoms with E-state index < -0.39 is 0 Å². The molecule has 504 valence electrons. The lowest BCUT2D eigenvalue weighted by Crippen LogP contribution is -2.10. The van der Waals surface area contributed by atoms with Crippen molar-refractivity contribution in [2.24, 2.45) is 0 Å². The van der Waals surface area contributed by atoms with Crippen LogP contribution in [-0.4, -0.2) is 9.13 Å². The number of nitrogens with zero attached hydrogens (tertiary/aromatic N) is 3. The maximum atomic E-state index is 3.56. The maximum Gasteiger partial charge on any atom is 0.0541 e. The molecule has 0 bridgehead atoms. The molecule has 2 aromatic heterocycles. The first kappa shape index (κ1) is 66.0. The van der Waals surface area contributed by atoms with Crippen molar-refractivity contribution in [3.63, 3.8) is 0 Å². The second kappa shape index (κ2) is 29.2. The molecule has 0 aliphatic rings. The molecule has 2 heterocycles. The molecule has 18 aromatic carbocycles. The van der Waals surface area contributed by atoms with Crippen LogP contribution in [-0.2, 0) is 0 Å². The van der Waals surface area contributed by atoms with Crippen molar-refractivity contribution < 1.29 is 0 Å². The van der Waals surface area contributed by atoms with Crippen molar-refractivity contribution in [1.82, 2.24) is 9.13 Å². The van der Waals surface area contributed by atoms with Crippen LogP contribution in [0.2, 0.25) is 0 Å². The molecule has 0 amide bonds. The van der Waals surface area contributed by atoms with Crippen molar-refractivity contribution in [3.8, 4) is 55.9 Å². The Morgan fingerprint density at radius 1 is 0.198 bits per heavy atom. The molecule has 0 saturated heterocycles. The van der Waals surface area contributed by atoms with Crippen LogP contribution in [0.4, 0.5) is 28.4 Å². The third kappa shape index (κ3) is 12.4. The fraction of sp³-hybridized carbons (Fsp3) is 0.00990. The van der Waals surface area contributed by atoms with Gasteiger partial charge in [-0.3, -0.25) is 0 Å². The van der Waals surface area contributed by atoms with Crippen LogP contribution in [0.25, 0.3) is 143 Å². The van der Waals surface area contributed by atoms with E-state index in [0.29, 0.717) is 0 Å². The standard InChI is InChI=1S/C50H34N2.C26H17Br.C24H18N2.CH4/c1-3-15-35(16-4-1)49-43-21-7-9-23-45(43)50(46-24-10-8-22-44(46)49)36-27-29-38(30-28-36)51(37-17-5-2-6-18-37)39-31-33-40(34-32-39)52-47-25-13-11-19-41(47)42-20-12-14-26-48(42)52;27-20-16-14-19(15-17-20)26-23-12-6-4-10-21(23)25(18-8-2-1-3-9-18)22-11-5-7-13-24(22)26;1-2-8-18(9-3-1)25-19-14-16-20(17-15-19)26-23-12-6-4-10-21(23)22-11-5-7-13-24(22)26;/h1-34H;1-17H;1-17,25H;1H4. The summed E-state index contributed by atoms with van der Waals surface area (Å²) in [7, 11) is 0. The number of fused-ring (bicyclic) bond motifs is 10. The smallest absolute Gasteiger partial charge is 0.0541 e. The van der Waals surface area contributed by atoms with Crippen molar-refractivity contribution in [2.75, 3.05) is 10.2 Å². The largest absolute Gasteiger partial charge is 0.356 e. The Morgan fingerprint density at radius 2 is 0.425 bits per heavy atom. The van der Waals surface area contributed by atoms with Crippen molar-refractivity contribution >= 4 is 131 Å². The molecule has 4 nitrogen and oxygen atoms in total. The summed E-state index contributed by atoms with van der Waals surface area (Å²) >= 11 is 3.56. The van der Waals surface area contributed by atoms with E-state index in [-0.39, 0.29) is 7.43 Å². The molecule has 0 spiro atoms. The monoisotopic (exact) mass is 1420 g/mol. The number of nitrogens with one attached hydrogen (secondary N) is 1. The number of aromatic nitrogens is 2. The van der Waals surface area contributed by atoms with Crippen molar-refractivity contribution in [1.29, 1.82) is 0 Å². The highest BCUT2D eigenvalue weighted by atomic mass is 79.9. The number of halogens is 1. The van der Waals surface area contributed by atoms with Crippen LogP contribution in [0.5, 0.6) is 0 Å². The number of para-hydroxylation sites is 6. The lowest BCUT2D eigenvalue weighted by Gasteiger charge is -2.26. The zero-order chi connectivity index (χ0) is 70.0. The molecular weight excluding hydrogens is 1350 g/mol. The highest BCUT2D eigenvalue weighted by Crippen LogP contribution is 2.47. The minimum Gasteiger partial charge on any atom is -0.356 e. The molecule has 1 N–H and O–H groups in total. The van der Waals surface area contributed by atoms with Crippen LogP contribution in [0.15, 0.2) is 417 Å². The summed E-state index contributed by atoms with van der Waals surface area (Å²) in [4.78, 5) is 2.34. The lowest BCUT2D eigenvalue weighted by atomic mass is 9.86. The van der Waals surface area contributed by atoms with Gasteiger partial charge in [-0.25, -0.2) is 0 Å². The SMILES string of the molecule is Brc1ccc(-c2c3ccccc3c(-c3ccccc3)c3ccccc23)cc1.C.c1ccc(-c2c3ccccc3c(-c3ccc(N(c4ccccc4)c4ccc(-n5c6ccccc6c6ccccc65)cc4)cc3)c3ccccc23)cc1.c1ccc(Nc2ccc(-n3c4ccccc4c4ccccc43)cc2)cc1. The van der Waals surface area contributed by atoms with Crippen molar-refractivity contribution in [3.05, 3.63) is 417 Å². The Kier molecular flexibility index (Phi) is 18.2. The number of hydrogen-bond acceptors (Lipinski definition) is 2. The number of hydrogen-bond donors (Lipinski definition) is 1. The fourth-order valence-electron chi connectivity index (χ4n) is 15.7. The van der Waals surface area contributed by atoms with Gasteiger partial charge in [-0.1, -0.05) is 315 Å². The van der Waals surface area contributed by atoms with E-state index in [1.54, 1.807) is 0 Å². The van der Waals surface area contributed by atoms with E-state index in [0.717, 1.165) is 38.6 Å². The average molecular weight is 1420 g/mol. The number of rotatable bonds is 11. The first-order chi connectivity index (χ1) is 52.1. The third-order valence-corrected chi connectivity index (χ3v) is 20.8. The molecule has 20 aromatic rings. The van der Waals surface area contributed by atoms with Gasteiger partial charge in [0.25, 0.3) is 0 Å². The van der Waals surface area contributed by atoms with Gasteiger partial charge in [0.1, 0.15) is 0 Å². The van der Waals surface area contributed by atoms with E-state index in [1.807, 2.05) is 18.2 Å². The first-order valence-corrected chi connectivity index (χ1v) is 36.5. The summed E-state index contributed by atoms with van der Waals surface area (Å²) in [5, 5.41) is 18.8. The van der Waals surface area contributed by atoms with E-state index in [2.05, 4.69) is 430 Å². The minimum absolute atomic E-state index is 0. The van der Waals surface area contributed by atoms with Gasteiger partial charge < -0.3 is 19.4 Å². The van der Waals surface area contributed by atoms with Gasteiger partial charge in [-0.2, -0.15) is 0 Å². The summed E-state index contributed by atoms with van der Waals surface area (Å²) in [6.07, 6.45) is 0. The summed E-state index contributed by atoms with van der Waals surface area (Å²) in [6.45, 7) is 0. The number of anilines is 5. The highest BCUT2D eigenvalue weighted by Gasteiger charge is 2.21. The second-order valence-corrected chi connectivity index (χ2v) is 27.3. The van der Waals surface area contributed by atoms with Gasteiger partial charge >= 0.3 is 0 Å². The minimum atomic E-state index is 0. The summed E-state index contributed by atoms with van der Waals surface area (Å²) in [6, 6.07) is 147. The second-order valence-electron chi connectivity index (χ2n) is 26.4. The Balaban J connectivity index is 0.000000129. The molecule has 0 aliphatic heterocycles. The van der Waals surface area contributed by atoms with Gasteiger partial charge in [-0.15, -0.1) is 0 Å². The molecule has 0 unspecified atom stereocenters. The molecule has 0 fully saturated rings. The molecule has 5 heteroatoms. The van der Waals surface area contributed by atoms with Crippen LogP contribution in [0.1, 0.15) is 7.43 Å². The number of benzene rings is 18. The van der Waals surface area contributed by atoms with Crippen LogP contribution < -0.4 is 10.2 Å². The normalized spacial score (nSPS) is 11.2. The quantitative estimate of drug-likeness (QED) is 0.131. The molecular formula is C101H73BrN4. The molecule has 106 heavy (non-hydrogen) atoms. The summed E-state index contributed by atoms with van der Waals surface area (Å²) < 4.78 is 5.80. The Morgan fingerprint density at radius 3 is 0.755 bits per heavy atom. The maximum absolute atomic E-state index is 3.56. The van der Waals surface area contributed by atoms with E-state index >= 15 is 0 Å². The van der Waals surface area contributed by atoms with Crippen molar-refractivity contribution in [2.45, 2.75) is 7.43 Å². The van der Waals surface area contributed by atoms with Gasteiger partial charge in [-0.05, 0) is 209 Å². The Bertz CT molecular complexity index is 6290. The van der Waals surface area contributed by atoms with Gasteiger partial charge in [0.05, 0.1) is 22.1 Å². The van der Waals surface area contributed by atoms with Crippen LogP contribution in [0, 0.1) is 0 Å². The molecule has 0 aliphatic carbocycles. The zero-order valence-corrected chi connectivity index (χ0v) is 59.1. The predicted octanol–water partition coefficient (Wildman–Crippen LogP) is 29.1. The molecule has 0 radical (unpaired) electrons. The summed E-state index contributed by atoms with van der Waals surface area (Å²) in [5.41, 5.74) is 22.8. The highest BCUT2D eigenvalue weighted by molar-refractivity contribution is 9.10. The molecule has 0 atom stereocenters. The van der Waals surface area contributed by atoms with E-state index in [1.165, 1.54) is 137 Å². The summed E-state index contributed by atoms with van der Waals surface area (Å²) in [5.74, 6) is 0. The Labute approximate surface area is 626 Å². The molecule has 20 rings (SSSR count). The first-order valence-electron chi connectivity index (χ1n) is 35.7. The predicted molar refractivity (Wildman–Crippen MR) is 459 cm³/mol. The average Bonchev–Trinajstić information content (AvgIpc) is 1.55. The fourth-order valence-corrected chi connectivity index (χ4v) is 15.9. The third-order valence-electron chi connectivity index (χ3n) is 20.3. The Hall–Kier alpha value is -13.3. The van der Waals surface area contributed by atoms with E-state index in [9.17, 15) is 0 Å². The zero-order valence-electron chi connectivity index (χ0n) is 57.5. The topological polar surface area (TPSA) is 25.1 Å². The molecule has 0 saturated carbocycles. The van der Waals surface area contributed by atoms with Crippen LogP contribution >= 0.6 is 15.9 Å². The van der Waals surface area contributed by atoms with Gasteiger partial charge in [0, 0.05) is 65.8 Å². The van der Waals surface area contributed by atoms with E-state index in [4.69, 9.17) is 0 Å². The van der Waals surface area contributed by atoms with Crippen LogP contribution in [0.3, 0.4) is 0 Å². The van der Waals surface area contributed by atoms with Gasteiger partial charge in [0.15, 0.2) is 0 Å².